The van der Waals surface area contributed by atoms with Crippen LogP contribution in [0, 0.1) is 0 Å². The second kappa shape index (κ2) is 11.6. The van der Waals surface area contributed by atoms with Crippen LogP contribution in [0.25, 0.3) is 0 Å². The van der Waals surface area contributed by atoms with Gasteiger partial charge in [-0.15, -0.1) is 0 Å². The molecule has 0 aliphatic heterocycles. The van der Waals surface area contributed by atoms with Crippen molar-refractivity contribution in [3.8, 4) is 0 Å². The van der Waals surface area contributed by atoms with Crippen LogP contribution in [0.4, 0.5) is 0 Å². The Kier molecular flexibility index (Phi) is 7.57. The van der Waals surface area contributed by atoms with Gasteiger partial charge in [-0.05, 0) is 79.4 Å². The van der Waals surface area contributed by atoms with Crippen LogP contribution < -0.4 is 31.8 Å². The van der Waals surface area contributed by atoms with Gasteiger partial charge in [-0.3, -0.25) is 0 Å². The molecule has 6 rings (SSSR count). The van der Waals surface area contributed by atoms with Crippen LogP contribution in [0.15, 0.2) is 194 Å². The lowest BCUT2D eigenvalue weighted by atomic mass is 10.4. The molecule has 0 spiro atoms. The monoisotopic (exact) mass is 550 g/mol. The Morgan fingerprint density at radius 3 is 0.575 bits per heavy atom. The number of rotatable bonds is 8. The summed E-state index contributed by atoms with van der Waals surface area (Å²) in [5.74, 6) is 0. The third-order valence-electron chi connectivity index (χ3n) is 7.64. The van der Waals surface area contributed by atoms with Crippen molar-refractivity contribution in [2.45, 2.75) is 0 Å². The minimum atomic E-state index is -2.41. The van der Waals surface area contributed by atoms with Gasteiger partial charge in [-0.1, -0.05) is 109 Å². The topological polar surface area (TPSA) is 0 Å². The Labute approximate surface area is 239 Å². The normalized spacial score (nSPS) is 11.6. The molecular formula is C38H32P2+2. The highest BCUT2D eigenvalue weighted by atomic mass is 31.2. The van der Waals surface area contributed by atoms with E-state index in [9.17, 15) is 0 Å². The molecule has 0 atom stereocenters. The van der Waals surface area contributed by atoms with E-state index in [4.69, 9.17) is 6.58 Å². The highest BCUT2D eigenvalue weighted by Crippen LogP contribution is 2.79. The highest BCUT2D eigenvalue weighted by Gasteiger charge is 2.64. The molecule has 0 saturated carbocycles. The van der Waals surface area contributed by atoms with Crippen LogP contribution in [0.1, 0.15) is 0 Å². The zero-order valence-corrected chi connectivity index (χ0v) is 24.2. The molecule has 6 aromatic rings. The number of hydrogen-bond donors (Lipinski definition) is 0. The Hall–Kier alpha value is -4.08. The van der Waals surface area contributed by atoms with Gasteiger partial charge in [0.25, 0.3) is 0 Å². The largest absolute Gasteiger partial charge is 0.226 e. The molecule has 0 radical (unpaired) electrons. The molecule has 40 heavy (non-hydrogen) atoms. The minimum Gasteiger partial charge on any atom is -0.0620 e. The van der Waals surface area contributed by atoms with Crippen molar-refractivity contribution < 1.29 is 0 Å². The molecule has 0 nitrogen and oxygen atoms in total. The van der Waals surface area contributed by atoms with Gasteiger partial charge in [0.1, 0.15) is 31.8 Å². The van der Waals surface area contributed by atoms with Crippen LogP contribution in [0.5, 0.6) is 0 Å². The average Bonchev–Trinajstić information content (AvgIpc) is 3.05. The lowest BCUT2D eigenvalue weighted by Gasteiger charge is -2.35. The summed E-state index contributed by atoms with van der Waals surface area (Å²) >= 11 is 0. The molecule has 0 aliphatic rings. The maximum absolute atomic E-state index is 5.26. The Balaban J connectivity index is 1.82. The third kappa shape index (κ3) is 4.35. The second-order valence-corrected chi connectivity index (χ2v) is 17.0. The summed E-state index contributed by atoms with van der Waals surface area (Å²) < 4.78 is 0. The van der Waals surface area contributed by atoms with Crippen molar-refractivity contribution in [2.24, 2.45) is 0 Å². The van der Waals surface area contributed by atoms with E-state index in [1.54, 1.807) is 0 Å². The zero-order chi connectivity index (χ0) is 27.3. The van der Waals surface area contributed by atoms with Gasteiger partial charge in [-0.2, -0.15) is 0 Å². The summed E-state index contributed by atoms with van der Waals surface area (Å²) in [5.41, 5.74) is 0. The SMILES string of the molecule is C=C([P+](c1ccccc1)(c1ccccc1)c1ccccc1)[P+](c1ccccc1)(c1ccccc1)c1ccccc1. The van der Waals surface area contributed by atoms with E-state index in [1.165, 1.54) is 36.9 Å². The summed E-state index contributed by atoms with van der Waals surface area (Å²) in [6.07, 6.45) is 0. The molecule has 6 aromatic carbocycles. The van der Waals surface area contributed by atoms with E-state index >= 15 is 0 Å². The molecule has 0 unspecified atom stereocenters. The first-order valence-corrected chi connectivity index (χ1v) is 17.2. The number of benzene rings is 6. The molecule has 0 N–H and O–H groups in total. The summed E-state index contributed by atoms with van der Waals surface area (Å²) in [6, 6.07) is 66.6. The van der Waals surface area contributed by atoms with E-state index < -0.39 is 14.5 Å². The fraction of sp³-hybridized carbons (Fsp3) is 0. The third-order valence-corrected chi connectivity index (χ3v) is 17.4. The van der Waals surface area contributed by atoms with Crippen molar-refractivity contribution in [3.63, 3.8) is 0 Å². The van der Waals surface area contributed by atoms with Crippen molar-refractivity contribution >= 4 is 46.4 Å². The Bertz CT molecular complexity index is 1340. The van der Waals surface area contributed by atoms with Gasteiger partial charge in [0, 0.05) is 0 Å². The molecule has 0 aliphatic carbocycles. The molecule has 0 amide bonds. The molecule has 0 saturated heterocycles. The van der Waals surface area contributed by atoms with Gasteiger partial charge in [-0.25, -0.2) is 0 Å². The Morgan fingerprint density at radius 1 is 0.275 bits per heavy atom. The molecular weight excluding hydrogens is 518 g/mol. The first-order valence-electron chi connectivity index (χ1n) is 13.6. The maximum Gasteiger partial charge on any atom is 0.226 e. The molecule has 2 heteroatoms. The maximum atomic E-state index is 5.26. The quantitative estimate of drug-likeness (QED) is 0.173. The molecule has 192 valence electrons. The van der Waals surface area contributed by atoms with Gasteiger partial charge in [0.2, 0.25) is 5.06 Å². The van der Waals surface area contributed by atoms with Crippen LogP contribution in [0.3, 0.4) is 0 Å². The van der Waals surface area contributed by atoms with Crippen molar-refractivity contribution in [1.29, 1.82) is 0 Å². The van der Waals surface area contributed by atoms with E-state index in [0.717, 1.165) is 0 Å². The van der Waals surface area contributed by atoms with Crippen LogP contribution in [0.2, 0.25) is 0 Å². The summed E-state index contributed by atoms with van der Waals surface area (Å²) in [4.78, 5) is 0. The molecule has 0 heterocycles. The lowest BCUT2D eigenvalue weighted by Crippen LogP contribution is -2.39. The van der Waals surface area contributed by atoms with Crippen molar-refractivity contribution in [3.05, 3.63) is 194 Å². The van der Waals surface area contributed by atoms with Gasteiger partial charge < -0.3 is 0 Å². The first-order chi connectivity index (χ1) is 19.8. The van der Waals surface area contributed by atoms with Gasteiger partial charge in [0.15, 0.2) is 14.5 Å². The van der Waals surface area contributed by atoms with E-state index in [-0.39, 0.29) is 0 Å². The van der Waals surface area contributed by atoms with Gasteiger partial charge in [0.05, 0.1) is 0 Å². The van der Waals surface area contributed by atoms with Crippen molar-refractivity contribution in [1.82, 2.24) is 0 Å². The van der Waals surface area contributed by atoms with Crippen LogP contribution >= 0.6 is 14.5 Å². The predicted octanol–water partition coefficient (Wildman–Crippen LogP) is 7.45. The molecule has 0 fully saturated rings. The standard InChI is InChI=1S/C38H32P2/c1-32(39(33-20-8-2-9-21-33,34-22-10-3-11-23-34)35-24-12-4-13-25-35)40(36-26-14-5-15-27-36,37-28-16-6-17-29-37)38-30-18-7-19-31-38/h2-31H,1H2/q+2. The first kappa shape index (κ1) is 26.2. The average molecular weight is 551 g/mol. The summed E-state index contributed by atoms with van der Waals surface area (Å²) in [5, 5.41) is 9.24. The van der Waals surface area contributed by atoms with E-state index in [2.05, 4.69) is 182 Å². The second-order valence-electron chi connectivity index (χ2n) is 9.77. The van der Waals surface area contributed by atoms with Crippen molar-refractivity contribution in [2.75, 3.05) is 0 Å². The fourth-order valence-corrected chi connectivity index (χ4v) is 17.1. The molecule has 0 bridgehead atoms. The zero-order valence-electron chi connectivity index (χ0n) is 22.4. The fourth-order valence-electron chi connectivity index (χ4n) is 5.92. The lowest BCUT2D eigenvalue weighted by molar-refractivity contribution is 1.71. The summed E-state index contributed by atoms with van der Waals surface area (Å²) in [7, 11) is -4.81. The van der Waals surface area contributed by atoms with Crippen LogP contribution in [-0.4, -0.2) is 0 Å². The van der Waals surface area contributed by atoms with Crippen LogP contribution in [-0.2, 0) is 0 Å². The van der Waals surface area contributed by atoms with E-state index in [0.29, 0.717) is 0 Å². The van der Waals surface area contributed by atoms with Gasteiger partial charge >= 0.3 is 0 Å². The summed E-state index contributed by atoms with van der Waals surface area (Å²) in [6.45, 7) is 5.26. The smallest absolute Gasteiger partial charge is 0.0620 e. The Morgan fingerprint density at radius 2 is 0.425 bits per heavy atom. The predicted molar refractivity (Wildman–Crippen MR) is 179 cm³/mol. The minimum absolute atomic E-state index is 1.30. The van der Waals surface area contributed by atoms with E-state index in [1.807, 2.05) is 0 Å². The number of hydrogen-bond acceptors (Lipinski definition) is 0. The highest BCUT2D eigenvalue weighted by molar-refractivity contribution is 8.15. The molecule has 0 aromatic heterocycles.